The number of hydrogen-bond donors (Lipinski definition) is 0. The summed E-state index contributed by atoms with van der Waals surface area (Å²) in [5, 5.41) is 0.442. The second kappa shape index (κ2) is 7.17. The molecule has 0 aliphatic carbocycles. The zero-order chi connectivity index (χ0) is 12.7. The van der Waals surface area contributed by atoms with Gasteiger partial charge in [0.2, 0.25) is 0 Å². The first-order valence-electron chi connectivity index (χ1n) is 5.59. The molecule has 3 heteroatoms. The number of ketones is 1. The van der Waals surface area contributed by atoms with Gasteiger partial charge in [-0.3, -0.25) is 4.79 Å². The summed E-state index contributed by atoms with van der Waals surface area (Å²) in [5.41, 5.74) is 0. The van der Waals surface area contributed by atoms with Gasteiger partial charge in [-0.25, -0.2) is 0 Å². The summed E-state index contributed by atoms with van der Waals surface area (Å²) in [6.07, 6.45) is 4.45. The molecule has 2 nitrogen and oxygen atoms in total. The summed E-state index contributed by atoms with van der Waals surface area (Å²) in [5.74, 6) is 0.977. The molecule has 92 valence electrons. The van der Waals surface area contributed by atoms with Gasteiger partial charge in [0, 0.05) is 10.1 Å². The molecule has 0 saturated heterocycles. The molecule has 1 aromatic carbocycles. The van der Waals surface area contributed by atoms with Gasteiger partial charge in [-0.1, -0.05) is 19.1 Å². The monoisotopic (exact) mass is 250 g/mol. The van der Waals surface area contributed by atoms with E-state index in [2.05, 4.69) is 13.0 Å². The van der Waals surface area contributed by atoms with Crippen molar-refractivity contribution >= 4 is 17.5 Å². The minimum Gasteiger partial charge on any atom is -0.497 e. The van der Waals surface area contributed by atoms with Gasteiger partial charge in [-0.2, -0.15) is 0 Å². The lowest BCUT2D eigenvalue weighted by Crippen LogP contribution is -1.94. The van der Waals surface area contributed by atoms with Crippen molar-refractivity contribution in [3.63, 3.8) is 0 Å². The molecule has 0 aliphatic heterocycles. The molecule has 0 bridgehead atoms. The quantitative estimate of drug-likeness (QED) is 0.568. The highest BCUT2D eigenvalue weighted by molar-refractivity contribution is 8.00. The molecule has 0 radical (unpaired) electrons. The Morgan fingerprint density at radius 1 is 1.53 bits per heavy atom. The van der Waals surface area contributed by atoms with Crippen LogP contribution in [0.2, 0.25) is 0 Å². The number of thioether (sulfide) groups is 1. The maximum Gasteiger partial charge on any atom is 0.152 e. The molecular formula is C14H18O2S. The molecule has 0 amide bonds. The smallest absolute Gasteiger partial charge is 0.152 e. The largest absolute Gasteiger partial charge is 0.497 e. The summed E-state index contributed by atoms with van der Waals surface area (Å²) in [6.45, 7) is 3.71. The van der Waals surface area contributed by atoms with Gasteiger partial charge in [0.15, 0.2) is 5.78 Å². The van der Waals surface area contributed by atoms with Gasteiger partial charge in [-0.05, 0) is 37.6 Å². The molecule has 1 aromatic rings. The van der Waals surface area contributed by atoms with Crippen LogP contribution >= 0.6 is 11.8 Å². The Labute approximate surface area is 107 Å². The van der Waals surface area contributed by atoms with Crippen LogP contribution in [0, 0.1) is 0 Å². The molecule has 0 fully saturated rings. The predicted octanol–water partition coefficient (Wildman–Crippen LogP) is 3.71. The van der Waals surface area contributed by atoms with Crippen molar-refractivity contribution in [1.29, 1.82) is 0 Å². The van der Waals surface area contributed by atoms with Crippen molar-refractivity contribution in [2.45, 2.75) is 30.4 Å². The Morgan fingerprint density at radius 2 is 2.29 bits per heavy atom. The maximum absolute atomic E-state index is 10.8. The second-order valence-electron chi connectivity index (χ2n) is 3.86. The van der Waals surface area contributed by atoms with E-state index in [9.17, 15) is 4.79 Å². The van der Waals surface area contributed by atoms with Crippen molar-refractivity contribution in [2.24, 2.45) is 0 Å². The van der Waals surface area contributed by atoms with E-state index in [1.54, 1.807) is 31.9 Å². The fourth-order valence-corrected chi connectivity index (χ4v) is 2.39. The van der Waals surface area contributed by atoms with Gasteiger partial charge in [0.1, 0.15) is 5.75 Å². The summed E-state index contributed by atoms with van der Waals surface area (Å²) in [6, 6.07) is 8.01. The standard InChI is InChI=1S/C14H18O2S/c1-11(15)6-4-7-12(2)17-14-9-5-8-13(10-14)16-3/h4-6,8-10,12H,7H2,1-3H3. The van der Waals surface area contributed by atoms with Crippen molar-refractivity contribution < 1.29 is 9.53 Å². The minimum atomic E-state index is 0.101. The lowest BCUT2D eigenvalue weighted by Gasteiger charge is -2.09. The average Bonchev–Trinajstić information content (AvgIpc) is 2.28. The van der Waals surface area contributed by atoms with Gasteiger partial charge in [-0.15, -0.1) is 11.8 Å². The van der Waals surface area contributed by atoms with Crippen LogP contribution in [0.3, 0.4) is 0 Å². The van der Waals surface area contributed by atoms with Gasteiger partial charge >= 0.3 is 0 Å². The predicted molar refractivity (Wildman–Crippen MR) is 72.8 cm³/mol. The number of hydrogen-bond acceptors (Lipinski definition) is 3. The first-order valence-corrected chi connectivity index (χ1v) is 6.47. The SMILES string of the molecule is COc1cccc(SC(C)CC=CC(C)=O)c1. The normalized spacial score (nSPS) is 12.6. The fourth-order valence-electron chi connectivity index (χ4n) is 1.38. The van der Waals surface area contributed by atoms with Gasteiger partial charge < -0.3 is 4.74 Å². The molecule has 0 aromatic heterocycles. The van der Waals surface area contributed by atoms with Crippen LogP contribution in [0.5, 0.6) is 5.75 Å². The molecular weight excluding hydrogens is 232 g/mol. The van der Waals surface area contributed by atoms with E-state index in [1.807, 2.05) is 24.3 Å². The zero-order valence-electron chi connectivity index (χ0n) is 10.5. The summed E-state index contributed by atoms with van der Waals surface area (Å²) in [4.78, 5) is 11.9. The van der Waals surface area contributed by atoms with E-state index in [4.69, 9.17) is 4.74 Å². The first-order chi connectivity index (χ1) is 8.11. The van der Waals surface area contributed by atoms with Crippen LogP contribution in [-0.4, -0.2) is 18.1 Å². The summed E-state index contributed by atoms with van der Waals surface area (Å²) >= 11 is 1.78. The van der Waals surface area contributed by atoms with Gasteiger partial charge in [0.05, 0.1) is 7.11 Å². The second-order valence-corrected chi connectivity index (χ2v) is 5.37. The molecule has 1 atom stereocenters. The molecule has 0 spiro atoms. The third kappa shape index (κ3) is 5.59. The fraction of sp³-hybridized carbons (Fsp3) is 0.357. The molecule has 0 saturated carbocycles. The number of carbonyl (C=O) groups is 1. The van der Waals surface area contributed by atoms with Crippen LogP contribution in [0.25, 0.3) is 0 Å². The first kappa shape index (κ1) is 13.8. The van der Waals surface area contributed by atoms with Crippen LogP contribution < -0.4 is 4.74 Å². The lowest BCUT2D eigenvalue weighted by molar-refractivity contribution is -0.112. The molecule has 1 unspecified atom stereocenters. The van der Waals surface area contributed by atoms with Crippen molar-refractivity contribution in [3.05, 3.63) is 36.4 Å². The van der Waals surface area contributed by atoms with E-state index >= 15 is 0 Å². The zero-order valence-corrected chi connectivity index (χ0v) is 11.3. The highest BCUT2D eigenvalue weighted by atomic mass is 32.2. The lowest BCUT2D eigenvalue weighted by atomic mass is 10.3. The van der Waals surface area contributed by atoms with E-state index in [0.29, 0.717) is 5.25 Å². The number of benzene rings is 1. The van der Waals surface area contributed by atoms with Crippen LogP contribution in [0.1, 0.15) is 20.3 Å². The van der Waals surface area contributed by atoms with Crippen molar-refractivity contribution in [2.75, 3.05) is 7.11 Å². The summed E-state index contributed by atoms with van der Waals surface area (Å²) < 4.78 is 5.18. The minimum absolute atomic E-state index is 0.101. The number of methoxy groups -OCH3 is 1. The third-order valence-electron chi connectivity index (χ3n) is 2.20. The van der Waals surface area contributed by atoms with Crippen LogP contribution in [0.4, 0.5) is 0 Å². The van der Waals surface area contributed by atoms with E-state index in [0.717, 1.165) is 12.2 Å². The number of carbonyl (C=O) groups excluding carboxylic acids is 1. The number of ether oxygens (including phenoxy) is 1. The third-order valence-corrected chi connectivity index (χ3v) is 3.32. The molecule has 0 N–H and O–H groups in total. The van der Waals surface area contributed by atoms with E-state index < -0.39 is 0 Å². The Bertz CT molecular complexity index is 399. The molecule has 17 heavy (non-hydrogen) atoms. The Kier molecular flexibility index (Phi) is 5.84. The Balaban J connectivity index is 2.49. The Hall–Kier alpha value is -1.22. The van der Waals surface area contributed by atoms with E-state index in [1.165, 1.54) is 4.90 Å². The van der Waals surface area contributed by atoms with Crippen molar-refractivity contribution in [3.8, 4) is 5.75 Å². The van der Waals surface area contributed by atoms with E-state index in [-0.39, 0.29) is 5.78 Å². The highest BCUT2D eigenvalue weighted by Gasteiger charge is 2.03. The molecule has 0 heterocycles. The van der Waals surface area contributed by atoms with Crippen molar-refractivity contribution in [1.82, 2.24) is 0 Å². The maximum atomic E-state index is 10.8. The van der Waals surface area contributed by atoms with Crippen LogP contribution in [0.15, 0.2) is 41.3 Å². The molecule has 0 aliphatic rings. The van der Waals surface area contributed by atoms with Gasteiger partial charge in [0.25, 0.3) is 0 Å². The summed E-state index contributed by atoms with van der Waals surface area (Å²) in [7, 11) is 1.67. The van der Waals surface area contributed by atoms with Crippen LogP contribution in [-0.2, 0) is 4.79 Å². The number of rotatable bonds is 6. The number of allylic oxidation sites excluding steroid dienone is 2. The average molecular weight is 250 g/mol. The topological polar surface area (TPSA) is 26.3 Å². The highest BCUT2D eigenvalue weighted by Crippen LogP contribution is 2.28. The Morgan fingerprint density at radius 3 is 2.94 bits per heavy atom. The molecule has 1 rings (SSSR count).